The fourth-order valence-electron chi connectivity index (χ4n) is 8.14. The Morgan fingerprint density at radius 3 is 1.13 bits per heavy atom. The fraction of sp³-hybridized carbons (Fsp3) is 0. The quantitative estimate of drug-likeness (QED) is 0.154. The van der Waals surface area contributed by atoms with E-state index in [-0.39, 0.29) is 35.6 Å². The summed E-state index contributed by atoms with van der Waals surface area (Å²) in [5.74, 6) is 1.07. The van der Waals surface area contributed by atoms with Crippen LogP contribution in [0.3, 0.4) is 0 Å². The Morgan fingerprint density at radius 2 is 0.689 bits per heavy atom. The van der Waals surface area contributed by atoms with Crippen molar-refractivity contribution in [3.8, 4) is 84.4 Å². The van der Waals surface area contributed by atoms with Crippen LogP contribution in [0.15, 0.2) is 230 Å². The van der Waals surface area contributed by atoms with Gasteiger partial charge < -0.3 is 0 Å². The summed E-state index contributed by atoms with van der Waals surface area (Å²) in [6, 6.07) is 68.8. The van der Waals surface area contributed by atoms with Gasteiger partial charge in [-0.1, -0.05) is 224 Å². The zero-order valence-corrected chi connectivity index (χ0v) is 32.9. The number of nitrogens with zero attached hydrogens (tertiary/aromatic N) is 4. The minimum atomic E-state index is -0.335. The normalized spacial score (nSPS) is 12.2. The van der Waals surface area contributed by atoms with Gasteiger partial charge in [0.25, 0.3) is 0 Å². The van der Waals surface area contributed by atoms with Crippen LogP contribution < -0.4 is 0 Å². The van der Waals surface area contributed by atoms with Gasteiger partial charge in [-0.25, -0.2) is 4.98 Å². The molecule has 2 heterocycles. The maximum atomic E-state index is 9.37. The summed E-state index contributed by atoms with van der Waals surface area (Å²) in [5, 5.41) is 1.06. The highest BCUT2D eigenvalue weighted by atomic mass is 15.2. The molecule has 0 fully saturated rings. The van der Waals surface area contributed by atoms with Crippen LogP contribution in [0.1, 0.15) is 5.48 Å². The molecule has 0 saturated heterocycles. The van der Waals surface area contributed by atoms with E-state index in [1.807, 2.05) is 97.1 Å². The summed E-state index contributed by atoms with van der Waals surface area (Å²) in [7, 11) is 0. The molecule has 9 aromatic carbocycles. The third kappa shape index (κ3) is 6.86. The average molecular weight is 783 g/mol. The van der Waals surface area contributed by atoms with E-state index in [4.69, 9.17) is 17.7 Å². The summed E-state index contributed by atoms with van der Waals surface area (Å²) < 4.78 is 38.0. The fourth-order valence-corrected chi connectivity index (χ4v) is 8.14. The van der Waals surface area contributed by atoms with Gasteiger partial charge in [0.05, 0.1) is 16.5 Å². The van der Waals surface area contributed by atoms with Crippen molar-refractivity contribution in [1.29, 1.82) is 0 Å². The van der Waals surface area contributed by atoms with Crippen molar-refractivity contribution in [2.75, 3.05) is 0 Å². The minimum Gasteiger partial charge on any atom is -0.277 e. The Bertz CT molecular complexity index is 3520. The molecular weight excluding hydrogens is 741 g/mol. The maximum Gasteiger partial charge on any atom is 0.238 e. The summed E-state index contributed by atoms with van der Waals surface area (Å²) in [6.07, 6.45) is 0. The first kappa shape index (κ1) is 31.7. The predicted molar refractivity (Wildman–Crippen MR) is 252 cm³/mol. The molecule has 2 aromatic heterocycles. The van der Waals surface area contributed by atoms with Gasteiger partial charge in [-0.3, -0.25) is 4.57 Å². The second-order valence-corrected chi connectivity index (χ2v) is 15.0. The molecular formula is C57H38N4. The number of para-hydroxylation sites is 2. The molecule has 4 nitrogen and oxygen atoms in total. The van der Waals surface area contributed by atoms with Crippen molar-refractivity contribution in [1.82, 2.24) is 19.5 Å². The van der Waals surface area contributed by atoms with Crippen LogP contribution >= 0.6 is 0 Å². The Morgan fingerprint density at radius 1 is 0.311 bits per heavy atom. The second kappa shape index (κ2) is 15.5. The molecule has 0 unspecified atom stereocenters. The molecule has 0 amide bonds. The first-order valence-corrected chi connectivity index (χ1v) is 20.3. The molecule has 0 aliphatic rings. The number of hydrogen-bond acceptors (Lipinski definition) is 3. The van der Waals surface area contributed by atoms with E-state index in [2.05, 4.69) is 109 Å². The highest BCUT2D eigenvalue weighted by molar-refractivity contribution is 6.13. The Kier molecular flexibility index (Phi) is 8.07. The van der Waals surface area contributed by atoms with Crippen molar-refractivity contribution in [3.05, 3.63) is 230 Å². The summed E-state index contributed by atoms with van der Waals surface area (Å²) in [4.78, 5) is 15.5. The van der Waals surface area contributed by atoms with E-state index >= 15 is 0 Å². The van der Waals surface area contributed by atoms with Crippen molar-refractivity contribution in [2.45, 2.75) is 0 Å². The Balaban J connectivity index is 1.11. The van der Waals surface area contributed by atoms with Gasteiger partial charge in [0.15, 0.2) is 11.6 Å². The van der Waals surface area contributed by atoms with Crippen LogP contribution in [0.25, 0.3) is 106 Å². The molecule has 286 valence electrons. The second-order valence-electron chi connectivity index (χ2n) is 15.0. The van der Waals surface area contributed by atoms with Gasteiger partial charge in [0.2, 0.25) is 5.95 Å². The molecule has 0 aliphatic carbocycles. The number of hydrogen-bond donors (Lipinski definition) is 0. The van der Waals surface area contributed by atoms with Gasteiger partial charge in [0, 0.05) is 27.5 Å². The lowest BCUT2D eigenvalue weighted by molar-refractivity contribution is 0.954. The molecule has 0 radical (unpaired) electrons. The van der Waals surface area contributed by atoms with Gasteiger partial charge in [-0.05, 0) is 56.1 Å². The molecule has 61 heavy (non-hydrogen) atoms. The number of benzene rings is 9. The first-order valence-electron chi connectivity index (χ1n) is 22.3. The molecule has 11 rings (SSSR count). The maximum absolute atomic E-state index is 9.37. The van der Waals surface area contributed by atoms with E-state index in [0.717, 1.165) is 66.8 Å². The third-order valence-electron chi connectivity index (χ3n) is 11.3. The highest BCUT2D eigenvalue weighted by Gasteiger charge is 2.21. The average Bonchev–Trinajstić information content (AvgIpc) is 3.74. The van der Waals surface area contributed by atoms with Crippen molar-refractivity contribution >= 4 is 21.8 Å². The van der Waals surface area contributed by atoms with Crippen molar-refractivity contribution < 1.29 is 5.48 Å². The van der Waals surface area contributed by atoms with E-state index in [1.165, 1.54) is 0 Å². The van der Waals surface area contributed by atoms with Gasteiger partial charge >= 0.3 is 0 Å². The predicted octanol–water partition coefficient (Wildman–Crippen LogP) is 14.6. The topological polar surface area (TPSA) is 43.6 Å². The van der Waals surface area contributed by atoms with Crippen LogP contribution in [0.5, 0.6) is 0 Å². The molecule has 0 atom stereocenters. The van der Waals surface area contributed by atoms with E-state index in [1.54, 1.807) is 4.57 Å². The lowest BCUT2D eigenvalue weighted by atomic mass is 9.98. The lowest BCUT2D eigenvalue weighted by Crippen LogP contribution is -2.07. The number of rotatable bonds is 8. The molecule has 4 heteroatoms. The van der Waals surface area contributed by atoms with E-state index in [0.29, 0.717) is 27.9 Å². The molecule has 0 bridgehead atoms. The smallest absolute Gasteiger partial charge is 0.238 e. The zero-order valence-electron chi connectivity index (χ0n) is 36.9. The molecule has 0 spiro atoms. The monoisotopic (exact) mass is 782 g/mol. The molecule has 0 aliphatic heterocycles. The van der Waals surface area contributed by atoms with Crippen molar-refractivity contribution in [2.24, 2.45) is 0 Å². The molecule has 0 N–H and O–H groups in total. The van der Waals surface area contributed by atoms with Gasteiger partial charge in [-0.2, -0.15) is 9.97 Å². The van der Waals surface area contributed by atoms with E-state index in [9.17, 15) is 2.74 Å². The number of fused-ring (bicyclic) bond motifs is 3. The molecule has 0 saturated carbocycles. The van der Waals surface area contributed by atoms with Gasteiger partial charge in [-0.15, -0.1) is 0 Å². The number of aromatic nitrogens is 4. The summed E-state index contributed by atoms with van der Waals surface area (Å²) >= 11 is 0. The van der Waals surface area contributed by atoms with Crippen LogP contribution in [0.2, 0.25) is 0 Å². The zero-order chi connectivity index (χ0) is 44.0. The van der Waals surface area contributed by atoms with E-state index < -0.39 is 0 Å². The Labute approximate surface area is 360 Å². The SMILES string of the molecule is [2H]c1c([2H])c([2H])c2c(c1[2H])c1cccc(-c3ccc(-c4ccccc4)cc3)c1n2-c1nc(-c2ccc(-c3ccccc3)cc2)nc(-c2ccc(-c3ccc(-c4ccccc4)cc3)cc2)n1. The standard InChI is InChI=1S/C57H38N4/c1-4-13-39(14-5-1)42-23-25-45(26-24-42)46-31-37-49(38-32-46)56-58-55(48-35-29-44(30-36-48)41-17-8-3-9-18-41)59-57(60-56)61-53-22-11-10-19-51(53)52-21-12-20-50(54(52)61)47-33-27-43(28-34-47)40-15-6-2-7-16-40/h1-38H/i10D,11D,19D,22D. The summed E-state index contributed by atoms with van der Waals surface area (Å²) in [5.41, 5.74) is 13.0. The highest BCUT2D eigenvalue weighted by Crippen LogP contribution is 2.39. The third-order valence-corrected chi connectivity index (χ3v) is 11.3. The van der Waals surface area contributed by atoms with Crippen LogP contribution in [-0.4, -0.2) is 19.5 Å². The Hall–Kier alpha value is -8.21. The lowest BCUT2D eigenvalue weighted by Gasteiger charge is -2.14. The molecule has 11 aromatic rings. The van der Waals surface area contributed by atoms with Crippen LogP contribution in [0.4, 0.5) is 0 Å². The van der Waals surface area contributed by atoms with Gasteiger partial charge in [0.1, 0.15) is 0 Å². The first-order chi connectivity index (χ1) is 31.9. The van der Waals surface area contributed by atoms with Crippen LogP contribution in [-0.2, 0) is 0 Å². The largest absolute Gasteiger partial charge is 0.277 e. The summed E-state index contributed by atoms with van der Waals surface area (Å²) in [6.45, 7) is 0. The van der Waals surface area contributed by atoms with Crippen LogP contribution in [0, 0.1) is 0 Å². The minimum absolute atomic E-state index is 0.125. The van der Waals surface area contributed by atoms with Crippen molar-refractivity contribution in [3.63, 3.8) is 0 Å².